The molecule has 4 heterocycles. The zero-order chi connectivity index (χ0) is 26.8. The van der Waals surface area contributed by atoms with Gasteiger partial charge in [0.05, 0.1) is 19.3 Å². The molecule has 200 valence electrons. The fraction of sp³-hybridized carbons (Fsp3) is 0.429. The monoisotopic (exact) mass is 519 g/mol. The normalized spacial score (nSPS) is 15.7. The number of nitrogens with one attached hydrogen (secondary N) is 1. The summed E-state index contributed by atoms with van der Waals surface area (Å²) >= 11 is 0. The van der Waals surface area contributed by atoms with Gasteiger partial charge in [-0.15, -0.1) is 5.10 Å². The van der Waals surface area contributed by atoms with E-state index < -0.39 is 5.82 Å². The number of fused-ring (bicyclic) bond motifs is 1. The maximum Gasteiger partial charge on any atom is 0.236 e. The number of likely N-dealkylation sites (N-methyl/N-ethyl adjacent to an activating group) is 1. The Morgan fingerprint density at radius 1 is 1.18 bits per heavy atom. The van der Waals surface area contributed by atoms with Crippen molar-refractivity contribution in [2.75, 3.05) is 40.3 Å². The van der Waals surface area contributed by atoms with Crippen LogP contribution >= 0.6 is 0 Å². The number of hydrogen-bond acceptors (Lipinski definition) is 7. The molecule has 4 aromatic rings. The van der Waals surface area contributed by atoms with Gasteiger partial charge in [-0.1, -0.05) is 25.1 Å². The lowest BCUT2D eigenvalue weighted by molar-refractivity contribution is -0.124. The summed E-state index contributed by atoms with van der Waals surface area (Å²) in [6.07, 6.45) is 6.26. The Morgan fingerprint density at radius 3 is 2.71 bits per heavy atom. The average molecular weight is 520 g/mol. The average Bonchev–Trinajstić information content (AvgIpc) is 3.50. The van der Waals surface area contributed by atoms with Crippen LogP contribution in [0.4, 0.5) is 4.39 Å². The maximum atomic E-state index is 15.0. The van der Waals surface area contributed by atoms with Crippen LogP contribution in [0.15, 0.2) is 36.8 Å². The number of H-pyrrole nitrogens is 1. The molecule has 3 aromatic heterocycles. The largest absolute Gasteiger partial charge is 0.480 e. The number of para-hydroxylation sites is 1. The van der Waals surface area contributed by atoms with E-state index in [1.165, 1.54) is 6.20 Å². The molecule has 0 amide bonds. The zero-order valence-electron chi connectivity index (χ0n) is 22.4. The van der Waals surface area contributed by atoms with Gasteiger partial charge in [0.1, 0.15) is 11.5 Å². The minimum Gasteiger partial charge on any atom is -0.480 e. The number of methoxy groups -OCH3 is 1. The molecular weight excluding hydrogens is 485 g/mol. The Kier molecular flexibility index (Phi) is 7.53. The molecule has 1 saturated heterocycles. The minimum absolute atomic E-state index is 0.0975. The fourth-order valence-corrected chi connectivity index (χ4v) is 5.35. The smallest absolute Gasteiger partial charge is 0.236 e. The van der Waals surface area contributed by atoms with Gasteiger partial charge in [0.15, 0.2) is 11.6 Å². The fourth-order valence-electron chi connectivity index (χ4n) is 5.35. The highest BCUT2D eigenvalue weighted by molar-refractivity contribution is 5.98. The highest BCUT2D eigenvalue weighted by Gasteiger charge is 2.27. The molecule has 1 fully saturated rings. The number of ether oxygens (including phenoxy) is 1. The van der Waals surface area contributed by atoms with Crippen LogP contribution < -0.4 is 4.74 Å². The van der Waals surface area contributed by atoms with Crippen LogP contribution in [0.1, 0.15) is 30.3 Å². The standard InChI is InChI=1S/C28H34FN7O2/c1-5-23(36-11-9-34(2)10-12-36)24(37)13-18-7-6-8-20-21(15-31-26(18)20)27-22(29)16-30-25(32-27)14-19-17-35(3)33-28(19)38-4/h6-8,15-17,23,31H,5,9-14H2,1-4H3/t23-/m1/s1. The van der Waals surface area contributed by atoms with E-state index in [1.807, 2.05) is 31.4 Å². The van der Waals surface area contributed by atoms with Crippen LogP contribution in [0.5, 0.6) is 5.88 Å². The van der Waals surface area contributed by atoms with Crippen LogP contribution in [0.3, 0.4) is 0 Å². The molecule has 1 atom stereocenters. The second-order valence-corrected chi connectivity index (χ2v) is 9.95. The van der Waals surface area contributed by atoms with E-state index in [0.717, 1.165) is 54.6 Å². The molecule has 0 bridgehead atoms. The molecule has 1 aromatic carbocycles. The molecule has 0 aliphatic carbocycles. The van der Waals surface area contributed by atoms with Crippen molar-refractivity contribution in [2.24, 2.45) is 7.05 Å². The predicted octanol–water partition coefficient (Wildman–Crippen LogP) is 3.23. The Bertz CT molecular complexity index is 1440. The Labute approximate surface area is 221 Å². The summed E-state index contributed by atoms with van der Waals surface area (Å²) in [5.41, 5.74) is 3.41. The summed E-state index contributed by atoms with van der Waals surface area (Å²) in [7, 11) is 5.48. The maximum absolute atomic E-state index is 15.0. The lowest BCUT2D eigenvalue weighted by atomic mass is 9.97. The van der Waals surface area contributed by atoms with Crippen molar-refractivity contribution in [2.45, 2.75) is 32.2 Å². The van der Waals surface area contributed by atoms with Gasteiger partial charge in [-0.05, 0) is 19.0 Å². The SMILES string of the molecule is CC[C@H](C(=O)Cc1cccc2c(-c3nc(Cc4cn(C)nc4OC)ncc3F)c[nH]c12)N1CCN(C)CC1. The molecule has 0 saturated carbocycles. The molecule has 10 heteroatoms. The predicted molar refractivity (Wildman–Crippen MR) is 144 cm³/mol. The van der Waals surface area contributed by atoms with Crippen molar-refractivity contribution in [1.29, 1.82) is 0 Å². The van der Waals surface area contributed by atoms with Crippen LogP contribution in [-0.4, -0.2) is 86.7 Å². The minimum atomic E-state index is -0.504. The number of carbonyl (C=O) groups excluding carboxylic acids is 1. The molecule has 0 unspecified atom stereocenters. The lowest BCUT2D eigenvalue weighted by Crippen LogP contribution is -2.51. The van der Waals surface area contributed by atoms with Gasteiger partial charge in [0, 0.05) is 80.5 Å². The van der Waals surface area contributed by atoms with E-state index >= 15 is 4.39 Å². The van der Waals surface area contributed by atoms with Crippen LogP contribution in [-0.2, 0) is 24.7 Å². The summed E-state index contributed by atoms with van der Waals surface area (Å²) < 4.78 is 22.0. The van der Waals surface area contributed by atoms with E-state index in [1.54, 1.807) is 18.0 Å². The van der Waals surface area contributed by atoms with E-state index in [9.17, 15) is 4.79 Å². The third kappa shape index (κ3) is 5.19. The number of halogens is 1. The van der Waals surface area contributed by atoms with Crippen molar-refractivity contribution in [3.63, 3.8) is 0 Å². The molecule has 0 radical (unpaired) electrons. The highest BCUT2D eigenvalue weighted by Crippen LogP contribution is 2.31. The molecule has 1 aliphatic rings. The number of carbonyl (C=O) groups is 1. The summed E-state index contributed by atoms with van der Waals surface area (Å²) in [4.78, 5) is 30.1. The first-order valence-corrected chi connectivity index (χ1v) is 13.0. The van der Waals surface area contributed by atoms with Gasteiger partial charge >= 0.3 is 0 Å². The molecular formula is C28H34FN7O2. The number of aryl methyl sites for hydroxylation is 1. The Morgan fingerprint density at radius 2 is 1.97 bits per heavy atom. The lowest BCUT2D eigenvalue weighted by Gasteiger charge is -2.37. The first kappa shape index (κ1) is 26.0. The van der Waals surface area contributed by atoms with Gasteiger partial charge in [-0.3, -0.25) is 14.4 Å². The van der Waals surface area contributed by atoms with Crippen LogP contribution in [0.25, 0.3) is 22.2 Å². The van der Waals surface area contributed by atoms with Crippen molar-refractivity contribution < 1.29 is 13.9 Å². The number of aromatic nitrogens is 5. The molecule has 1 aliphatic heterocycles. The number of rotatable bonds is 9. The van der Waals surface area contributed by atoms with Gasteiger partial charge in [-0.25, -0.2) is 14.4 Å². The topological polar surface area (TPSA) is 92.2 Å². The number of benzene rings is 1. The molecule has 9 nitrogen and oxygen atoms in total. The second kappa shape index (κ2) is 11.0. The second-order valence-electron chi connectivity index (χ2n) is 9.95. The van der Waals surface area contributed by atoms with Gasteiger partial charge in [0.25, 0.3) is 0 Å². The summed E-state index contributed by atoms with van der Waals surface area (Å²) in [5.74, 6) is 0.661. The van der Waals surface area contributed by atoms with Crippen LogP contribution in [0, 0.1) is 5.82 Å². The van der Waals surface area contributed by atoms with Crippen molar-refractivity contribution >= 4 is 16.7 Å². The third-order valence-electron chi connectivity index (χ3n) is 7.36. The zero-order valence-corrected chi connectivity index (χ0v) is 22.4. The number of piperazine rings is 1. The van der Waals surface area contributed by atoms with Gasteiger partial charge in [-0.2, -0.15) is 0 Å². The van der Waals surface area contributed by atoms with E-state index in [4.69, 9.17) is 4.74 Å². The third-order valence-corrected chi connectivity index (χ3v) is 7.36. The van der Waals surface area contributed by atoms with Crippen LogP contribution in [0.2, 0.25) is 0 Å². The molecule has 1 N–H and O–H groups in total. The number of hydrogen-bond donors (Lipinski definition) is 1. The van der Waals surface area contributed by atoms with Gasteiger partial charge < -0.3 is 14.6 Å². The molecule has 38 heavy (non-hydrogen) atoms. The van der Waals surface area contributed by atoms with Crippen molar-refractivity contribution in [3.05, 3.63) is 59.6 Å². The van der Waals surface area contributed by atoms with E-state index in [0.29, 0.717) is 30.1 Å². The number of ketones is 1. The number of nitrogens with zero attached hydrogens (tertiary/aromatic N) is 6. The first-order valence-electron chi connectivity index (χ1n) is 13.0. The number of Topliss-reactive ketones (excluding diaryl/α,β-unsaturated/α-hetero) is 1. The van der Waals surface area contributed by atoms with Crippen molar-refractivity contribution in [3.8, 4) is 17.1 Å². The van der Waals surface area contributed by atoms with Crippen molar-refractivity contribution in [1.82, 2.24) is 34.5 Å². The molecule has 5 rings (SSSR count). The first-order chi connectivity index (χ1) is 18.4. The highest BCUT2D eigenvalue weighted by atomic mass is 19.1. The summed E-state index contributed by atoms with van der Waals surface area (Å²) in [6.45, 7) is 5.82. The summed E-state index contributed by atoms with van der Waals surface area (Å²) in [5, 5.41) is 5.09. The quantitative estimate of drug-likeness (QED) is 0.363. The molecule has 0 spiro atoms. The Hall–Kier alpha value is -3.63. The number of aromatic amines is 1. The van der Waals surface area contributed by atoms with Gasteiger partial charge in [0.2, 0.25) is 5.88 Å². The van der Waals surface area contributed by atoms with E-state index in [-0.39, 0.29) is 17.5 Å². The summed E-state index contributed by atoms with van der Waals surface area (Å²) in [6, 6.07) is 5.71. The van der Waals surface area contributed by atoms with E-state index in [2.05, 4.69) is 43.8 Å². The Balaban J connectivity index is 1.41.